The Balaban J connectivity index is 1.90. The zero-order chi connectivity index (χ0) is 14.7. The lowest BCUT2D eigenvalue weighted by Crippen LogP contribution is -2.34. The molecule has 21 heavy (non-hydrogen) atoms. The Bertz CT molecular complexity index is 726. The predicted molar refractivity (Wildman–Crippen MR) is 82.1 cm³/mol. The van der Waals surface area contributed by atoms with Crippen LogP contribution < -0.4 is 4.90 Å². The number of anilines is 1. The van der Waals surface area contributed by atoms with E-state index in [2.05, 4.69) is 11.8 Å². The van der Waals surface area contributed by atoms with Crippen LogP contribution in [0.25, 0.3) is 0 Å². The molecule has 3 heteroatoms. The first kappa shape index (κ1) is 13.3. The number of hydrogen-bond donors (Lipinski definition) is 1. The van der Waals surface area contributed by atoms with Gasteiger partial charge in [-0.25, -0.2) is 0 Å². The van der Waals surface area contributed by atoms with E-state index >= 15 is 0 Å². The van der Waals surface area contributed by atoms with Crippen molar-refractivity contribution in [3.8, 4) is 17.6 Å². The molecule has 1 aliphatic heterocycles. The van der Waals surface area contributed by atoms with Gasteiger partial charge in [-0.1, -0.05) is 36.3 Å². The summed E-state index contributed by atoms with van der Waals surface area (Å²) < 4.78 is 0. The smallest absolute Gasteiger partial charge is 0.303 e. The summed E-state index contributed by atoms with van der Waals surface area (Å²) in [6, 6.07) is 14.8. The van der Waals surface area contributed by atoms with E-state index in [1.807, 2.05) is 36.4 Å². The normalized spacial score (nSPS) is 13.0. The van der Waals surface area contributed by atoms with Gasteiger partial charge in [0.1, 0.15) is 5.75 Å². The molecule has 0 aliphatic carbocycles. The Morgan fingerprint density at radius 3 is 2.71 bits per heavy atom. The summed E-state index contributed by atoms with van der Waals surface area (Å²) in [6.07, 6.45) is 1.76. The molecule has 2 aromatic carbocycles. The molecule has 1 amide bonds. The molecule has 0 spiro atoms. The molecular formula is C18H15NO2. The van der Waals surface area contributed by atoms with E-state index in [9.17, 15) is 9.90 Å². The molecule has 104 valence electrons. The molecule has 3 rings (SSSR count). The van der Waals surface area contributed by atoms with Crippen molar-refractivity contribution in [1.29, 1.82) is 0 Å². The van der Waals surface area contributed by atoms with Crippen LogP contribution in [0.3, 0.4) is 0 Å². The van der Waals surface area contributed by atoms with E-state index in [0.717, 1.165) is 24.0 Å². The topological polar surface area (TPSA) is 40.5 Å². The van der Waals surface area contributed by atoms with Crippen molar-refractivity contribution in [2.24, 2.45) is 0 Å². The number of carbonyl (C=O) groups is 1. The fourth-order valence-corrected chi connectivity index (χ4v) is 2.55. The summed E-state index contributed by atoms with van der Waals surface area (Å²) in [5.74, 6) is 5.40. The van der Waals surface area contributed by atoms with Gasteiger partial charge < -0.3 is 5.11 Å². The maximum atomic E-state index is 12.3. The minimum atomic E-state index is -0.277. The van der Waals surface area contributed by atoms with Crippen molar-refractivity contribution in [3.63, 3.8) is 0 Å². The molecule has 0 aromatic heterocycles. The first-order valence-corrected chi connectivity index (χ1v) is 6.95. The average Bonchev–Trinajstić information content (AvgIpc) is 2.53. The van der Waals surface area contributed by atoms with Crippen LogP contribution in [0, 0.1) is 11.8 Å². The molecule has 3 nitrogen and oxygen atoms in total. The van der Waals surface area contributed by atoms with Crippen LogP contribution in [-0.2, 0) is 11.2 Å². The number of para-hydroxylation sites is 1. The first-order valence-electron chi connectivity index (χ1n) is 6.95. The molecule has 0 radical (unpaired) electrons. The van der Waals surface area contributed by atoms with Crippen LogP contribution in [0.4, 0.5) is 5.69 Å². The van der Waals surface area contributed by atoms with Gasteiger partial charge in [0.15, 0.2) is 0 Å². The van der Waals surface area contributed by atoms with Gasteiger partial charge in [0, 0.05) is 18.0 Å². The van der Waals surface area contributed by atoms with Gasteiger partial charge in [-0.05, 0) is 36.6 Å². The van der Waals surface area contributed by atoms with Crippen LogP contribution >= 0.6 is 0 Å². The number of nitrogens with zero attached hydrogens (tertiary/aromatic N) is 1. The fourth-order valence-electron chi connectivity index (χ4n) is 2.55. The zero-order valence-electron chi connectivity index (χ0n) is 11.5. The van der Waals surface area contributed by atoms with Gasteiger partial charge in [0.2, 0.25) is 0 Å². The highest BCUT2D eigenvalue weighted by atomic mass is 16.3. The number of rotatable bonds is 0. The molecule has 1 aliphatic rings. The third kappa shape index (κ3) is 2.75. The predicted octanol–water partition coefficient (Wildman–Crippen LogP) is 2.72. The number of aryl methyl sites for hydroxylation is 1. The van der Waals surface area contributed by atoms with E-state index in [1.165, 1.54) is 0 Å². The van der Waals surface area contributed by atoms with Crippen molar-refractivity contribution in [2.75, 3.05) is 11.4 Å². The van der Waals surface area contributed by atoms with Crippen molar-refractivity contribution in [2.45, 2.75) is 12.8 Å². The number of benzene rings is 2. The van der Waals surface area contributed by atoms with Gasteiger partial charge >= 0.3 is 5.91 Å². The quantitative estimate of drug-likeness (QED) is 0.752. The number of hydrogen-bond acceptors (Lipinski definition) is 2. The van der Waals surface area contributed by atoms with Gasteiger partial charge in [-0.15, -0.1) is 0 Å². The van der Waals surface area contributed by atoms with Crippen LogP contribution in [0.1, 0.15) is 17.5 Å². The second-order valence-electron chi connectivity index (χ2n) is 4.96. The minimum Gasteiger partial charge on any atom is -0.506 e. The number of aromatic hydroxyl groups is 1. The summed E-state index contributed by atoms with van der Waals surface area (Å²) in [4.78, 5) is 13.9. The molecule has 0 saturated heterocycles. The third-order valence-corrected chi connectivity index (χ3v) is 3.53. The Morgan fingerprint density at radius 2 is 1.90 bits per heavy atom. The summed E-state index contributed by atoms with van der Waals surface area (Å²) in [7, 11) is 0. The molecule has 0 unspecified atom stereocenters. The largest absolute Gasteiger partial charge is 0.506 e. The standard InChI is InChI=1S/C18H15NO2/c20-16-10-4-8-15-9-5-13-19(18(15)16)17(21)12-11-14-6-2-1-3-7-14/h1-4,6-8,10,20H,5,9,13H2. The Morgan fingerprint density at radius 1 is 1.10 bits per heavy atom. The Labute approximate surface area is 123 Å². The van der Waals surface area contributed by atoms with E-state index in [-0.39, 0.29) is 11.7 Å². The van der Waals surface area contributed by atoms with Gasteiger partial charge in [0.05, 0.1) is 5.69 Å². The van der Waals surface area contributed by atoms with Gasteiger partial charge in [0.25, 0.3) is 0 Å². The van der Waals surface area contributed by atoms with Crippen LogP contribution in [-0.4, -0.2) is 17.6 Å². The summed E-state index contributed by atoms with van der Waals surface area (Å²) in [5.41, 5.74) is 2.41. The van der Waals surface area contributed by atoms with Crippen molar-refractivity contribution < 1.29 is 9.90 Å². The SMILES string of the molecule is O=C(C#Cc1ccccc1)N1CCCc2cccc(O)c21. The number of fused-ring (bicyclic) bond motifs is 1. The second-order valence-corrected chi connectivity index (χ2v) is 4.96. The average molecular weight is 277 g/mol. The maximum absolute atomic E-state index is 12.3. The number of phenolic OH excluding ortho intramolecular Hbond substituents is 1. The van der Waals surface area contributed by atoms with E-state index in [4.69, 9.17) is 0 Å². The molecular weight excluding hydrogens is 262 g/mol. The highest BCUT2D eigenvalue weighted by molar-refractivity contribution is 6.07. The molecule has 0 bridgehead atoms. The Kier molecular flexibility index (Phi) is 3.61. The van der Waals surface area contributed by atoms with Gasteiger partial charge in [-0.2, -0.15) is 0 Å². The third-order valence-electron chi connectivity index (χ3n) is 3.53. The fraction of sp³-hybridized carbons (Fsp3) is 0.167. The molecule has 0 fully saturated rings. The number of amides is 1. The molecule has 1 heterocycles. The first-order chi connectivity index (χ1) is 10.3. The molecule has 0 atom stereocenters. The highest BCUT2D eigenvalue weighted by Gasteiger charge is 2.24. The number of phenols is 1. The summed E-state index contributed by atoms with van der Waals surface area (Å²) in [6.45, 7) is 0.590. The van der Waals surface area contributed by atoms with Crippen LogP contribution in [0.5, 0.6) is 5.75 Å². The second kappa shape index (κ2) is 5.72. The monoisotopic (exact) mass is 277 g/mol. The van der Waals surface area contributed by atoms with Crippen molar-refractivity contribution in [3.05, 3.63) is 59.7 Å². The lowest BCUT2D eigenvalue weighted by molar-refractivity contribution is -0.113. The maximum Gasteiger partial charge on any atom is 0.303 e. The minimum absolute atomic E-state index is 0.141. The van der Waals surface area contributed by atoms with Gasteiger partial charge in [-0.3, -0.25) is 9.69 Å². The summed E-state index contributed by atoms with van der Waals surface area (Å²) in [5, 5.41) is 10.0. The molecule has 2 aromatic rings. The van der Waals surface area contributed by atoms with E-state index in [1.54, 1.807) is 17.0 Å². The lowest BCUT2D eigenvalue weighted by atomic mass is 10.0. The van der Waals surface area contributed by atoms with Crippen LogP contribution in [0.2, 0.25) is 0 Å². The van der Waals surface area contributed by atoms with Crippen LogP contribution in [0.15, 0.2) is 48.5 Å². The van der Waals surface area contributed by atoms with E-state index < -0.39 is 0 Å². The zero-order valence-corrected chi connectivity index (χ0v) is 11.5. The molecule has 0 saturated carbocycles. The highest BCUT2D eigenvalue weighted by Crippen LogP contribution is 2.35. The van der Waals surface area contributed by atoms with Crippen molar-refractivity contribution in [1.82, 2.24) is 0 Å². The number of carbonyl (C=O) groups excluding carboxylic acids is 1. The summed E-state index contributed by atoms with van der Waals surface area (Å²) >= 11 is 0. The lowest BCUT2D eigenvalue weighted by Gasteiger charge is -2.28. The Hall–Kier alpha value is -2.73. The molecule has 1 N–H and O–H groups in total. The van der Waals surface area contributed by atoms with E-state index in [0.29, 0.717) is 12.2 Å². The van der Waals surface area contributed by atoms with Crippen molar-refractivity contribution >= 4 is 11.6 Å².